The number of carbonyl (C=O) groups excluding carboxylic acids is 2. The summed E-state index contributed by atoms with van der Waals surface area (Å²) in [7, 11) is -5.52. The summed E-state index contributed by atoms with van der Waals surface area (Å²) in [6, 6.07) is 10.3. The van der Waals surface area contributed by atoms with Crippen LogP contribution < -0.4 is 0 Å². The largest absolute Gasteiger partial charge is 0.501 e. The van der Waals surface area contributed by atoms with E-state index < -0.39 is 38.7 Å². The fourth-order valence-corrected chi connectivity index (χ4v) is 5.46. The van der Waals surface area contributed by atoms with Gasteiger partial charge in [0, 0.05) is 24.1 Å². The molecule has 3 aromatic rings. The van der Waals surface area contributed by atoms with E-state index in [1.54, 1.807) is 31.2 Å². The number of nitrogens with zero attached hydrogens (tertiary/aromatic N) is 3. The average Bonchev–Trinajstić information content (AvgIpc) is 3.48. The van der Waals surface area contributed by atoms with E-state index in [1.807, 2.05) is 0 Å². The molecular weight excluding hydrogens is 611 g/mol. The Morgan fingerprint density at radius 1 is 0.867 bits per heavy atom. The Morgan fingerprint density at radius 2 is 1.47 bits per heavy atom. The zero-order valence-corrected chi connectivity index (χ0v) is 26.5. The molecule has 0 atom stereocenters. The second-order valence-electron chi connectivity index (χ2n) is 10.7. The van der Waals surface area contributed by atoms with Gasteiger partial charge in [0.15, 0.2) is 5.82 Å². The number of alkyl halides is 3. The van der Waals surface area contributed by atoms with E-state index in [1.165, 1.54) is 44.9 Å². The SMILES string of the molecule is CCCCCCCCCCCc1noc(-c2ccc(C(=O)N(CC(=O)OCC)Cc3ccc(S(=O)(=O)C(F)(F)F)cc3)cc2)n1. The number of sulfone groups is 1. The van der Waals surface area contributed by atoms with Gasteiger partial charge in [-0.2, -0.15) is 18.2 Å². The number of hydrogen-bond acceptors (Lipinski definition) is 8. The first kappa shape index (κ1) is 35.7. The molecule has 0 saturated heterocycles. The number of esters is 1. The first-order valence-electron chi connectivity index (χ1n) is 15.2. The molecule has 0 aliphatic carbocycles. The van der Waals surface area contributed by atoms with Crippen LogP contribution in [-0.2, 0) is 32.3 Å². The fraction of sp³-hybridized carbons (Fsp3) is 0.500. The van der Waals surface area contributed by atoms with Crippen LogP contribution in [0.3, 0.4) is 0 Å². The third kappa shape index (κ3) is 10.7. The van der Waals surface area contributed by atoms with Crippen molar-refractivity contribution in [3.63, 3.8) is 0 Å². The summed E-state index contributed by atoms with van der Waals surface area (Å²) in [4.78, 5) is 30.3. The number of amides is 1. The maximum atomic E-state index is 13.4. The zero-order chi connectivity index (χ0) is 32.9. The maximum Gasteiger partial charge on any atom is 0.501 e. The van der Waals surface area contributed by atoms with Crippen molar-refractivity contribution in [1.82, 2.24) is 15.0 Å². The minimum absolute atomic E-state index is 0.0882. The van der Waals surface area contributed by atoms with Crippen LogP contribution in [0.15, 0.2) is 57.9 Å². The normalized spacial score (nSPS) is 11.8. The maximum absolute atomic E-state index is 13.4. The summed E-state index contributed by atoms with van der Waals surface area (Å²) >= 11 is 0. The third-order valence-electron chi connectivity index (χ3n) is 7.18. The predicted molar refractivity (Wildman–Crippen MR) is 162 cm³/mol. The summed E-state index contributed by atoms with van der Waals surface area (Å²) in [6.07, 6.45) is 11.6. The van der Waals surface area contributed by atoms with Gasteiger partial charge in [-0.15, -0.1) is 0 Å². The molecule has 45 heavy (non-hydrogen) atoms. The van der Waals surface area contributed by atoms with Crippen molar-refractivity contribution >= 4 is 21.7 Å². The van der Waals surface area contributed by atoms with Gasteiger partial charge in [-0.25, -0.2) is 8.42 Å². The van der Waals surface area contributed by atoms with Crippen molar-refractivity contribution in [3.8, 4) is 11.5 Å². The minimum Gasteiger partial charge on any atom is -0.465 e. The fourth-order valence-electron chi connectivity index (χ4n) is 4.69. The number of carbonyl (C=O) groups is 2. The second kappa shape index (κ2) is 17.1. The Hall–Kier alpha value is -3.74. The van der Waals surface area contributed by atoms with E-state index in [-0.39, 0.29) is 18.7 Å². The van der Waals surface area contributed by atoms with Crippen molar-refractivity contribution in [2.45, 2.75) is 95.0 Å². The van der Waals surface area contributed by atoms with Crippen LogP contribution in [0.4, 0.5) is 13.2 Å². The summed E-state index contributed by atoms with van der Waals surface area (Å²) in [6.45, 7) is 3.30. The number of benzene rings is 2. The first-order valence-corrected chi connectivity index (χ1v) is 16.7. The Balaban J connectivity index is 1.62. The monoisotopic (exact) mass is 651 g/mol. The highest BCUT2D eigenvalue weighted by Crippen LogP contribution is 2.30. The molecule has 1 heterocycles. The van der Waals surface area contributed by atoms with Crippen LogP contribution in [0.1, 0.15) is 93.4 Å². The summed E-state index contributed by atoms with van der Waals surface area (Å²) in [5, 5.41) is 4.06. The van der Waals surface area contributed by atoms with Crippen molar-refractivity contribution < 1.29 is 40.4 Å². The van der Waals surface area contributed by atoms with E-state index in [0.717, 1.165) is 42.0 Å². The minimum atomic E-state index is -5.52. The van der Waals surface area contributed by atoms with E-state index in [0.29, 0.717) is 29.3 Å². The Bertz CT molecular complexity index is 1470. The predicted octanol–water partition coefficient (Wildman–Crippen LogP) is 7.31. The molecule has 3 rings (SSSR count). The summed E-state index contributed by atoms with van der Waals surface area (Å²) in [5.74, 6) is -0.290. The van der Waals surface area contributed by atoms with Gasteiger partial charge in [0.1, 0.15) is 6.54 Å². The summed E-state index contributed by atoms with van der Waals surface area (Å²) < 4.78 is 72.4. The number of unbranched alkanes of at least 4 members (excludes halogenated alkanes) is 8. The van der Waals surface area contributed by atoms with Crippen LogP contribution in [-0.4, -0.2) is 54.0 Å². The molecule has 0 aliphatic rings. The lowest BCUT2D eigenvalue weighted by Crippen LogP contribution is -2.36. The van der Waals surface area contributed by atoms with Gasteiger partial charge in [0.25, 0.3) is 21.6 Å². The van der Waals surface area contributed by atoms with Crippen LogP contribution in [0, 0.1) is 0 Å². The van der Waals surface area contributed by atoms with Gasteiger partial charge >= 0.3 is 11.5 Å². The van der Waals surface area contributed by atoms with Crippen LogP contribution >= 0.6 is 0 Å². The van der Waals surface area contributed by atoms with Crippen molar-refractivity contribution in [2.24, 2.45) is 0 Å². The van der Waals surface area contributed by atoms with Crippen molar-refractivity contribution in [2.75, 3.05) is 13.2 Å². The molecule has 0 bridgehead atoms. The number of rotatable bonds is 18. The number of hydrogen-bond donors (Lipinski definition) is 0. The molecule has 0 spiro atoms. The molecule has 0 saturated carbocycles. The number of aromatic nitrogens is 2. The summed E-state index contributed by atoms with van der Waals surface area (Å²) in [5.41, 5.74) is -4.29. The molecule has 9 nitrogen and oxygen atoms in total. The van der Waals surface area contributed by atoms with Crippen LogP contribution in [0.2, 0.25) is 0 Å². The average molecular weight is 652 g/mol. The lowest BCUT2D eigenvalue weighted by molar-refractivity contribution is -0.143. The van der Waals surface area contributed by atoms with Gasteiger partial charge in [0.2, 0.25) is 0 Å². The molecule has 0 unspecified atom stereocenters. The van der Waals surface area contributed by atoms with Gasteiger partial charge in [-0.3, -0.25) is 9.59 Å². The number of halogens is 3. The van der Waals surface area contributed by atoms with E-state index in [2.05, 4.69) is 17.1 Å². The highest BCUT2D eigenvalue weighted by atomic mass is 32.2. The lowest BCUT2D eigenvalue weighted by atomic mass is 10.1. The molecule has 0 radical (unpaired) electrons. The molecule has 0 N–H and O–H groups in total. The molecule has 2 aromatic carbocycles. The molecule has 0 fully saturated rings. The standard InChI is InChI=1S/C32H40F3N3O6S/c1-3-5-6-7-8-9-10-11-12-13-28-36-30(44-37-28)25-16-18-26(19-17-25)31(40)38(23-29(39)43-4-2)22-24-14-20-27(21-15-24)45(41,42)32(33,34)35/h14-21H,3-13,22-23H2,1-2H3. The van der Waals surface area contributed by atoms with E-state index >= 15 is 0 Å². The topological polar surface area (TPSA) is 120 Å². The first-order chi connectivity index (χ1) is 21.5. The molecule has 1 amide bonds. The van der Waals surface area contributed by atoms with Gasteiger partial charge in [0.05, 0.1) is 11.5 Å². The molecule has 246 valence electrons. The number of aryl methyl sites for hydroxylation is 1. The quantitative estimate of drug-likeness (QED) is 0.104. The van der Waals surface area contributed by atoms with Crippen LogP contribution in [0.25, 0.3) is 11.5 Å². The zero-order valence-electron chi connectivity index (χ0n) is 25.6. The Morgan fingerprint density at radius 3 is 2.04 bits per heavy atom. The van der Waals surface area contributed by atoms with Crippen molar-refractivity contribution in [3.05, 3.63) is 65.5 Å². The Labute approximate surface area is 262 Å². The number of ether oxygens (including phenoxy) is 1. The van der Waals surface area contributed by atoms with Gasteiger partial charge < -0.3 is 14.2 Å². The highest BCUT2D eigenvalue weighted by Gasteiger charge is 2.46. The van der Waals surface area contributed by atoms with Gasteiger partial charge in [-0.1, -0.05) is 75.6 Å². The van der Waals surface area contributed by atoms with Crippen molar-refractivity contribution in [1.29, 1.82) is 0 Å². The molecule has 1 aromatic heterocycles. The van der Waals surface area contributed by atoms with E-state index in [9.17, 15) is 31.2 Å². The third-order valence-corrected chi connectivity index (χ3v) is 8.68. The Kier molecular flexibility index (Phi) is 13.6. The smallest absolute Gasteiger partial charge is 0.465 e. The molecule has 13 heteroatoms. The highest BCUT2D eigenvalue weighted by molar-refractivity contribution is 7.92. The van der Waals surface area contributed by atoms with Crippen LogP contribution in [0.5, 0.6) is 0 Å². The second-order valence-corrected chi connectivity index (χ2v) is 12.7. The molecular formula is C32H40F3N3O6S. The lowest BCUT2D eigenvalue weighted by Gasteiger charge is -2.22. The van der Waals surface area contributed by atoms with E-state index in [4.69, 9.17) is 9.26 Å². The van der Waals surface area contributed by atoms with Gasteiger partial charge in [-0.05, 0) is 55.3 Å². The molecule has 0 aliphatic heterocycles.